The maximum absolute atomic E-state index is 13.2. The SMILES string of the molecule is CC(=O)Nc1cc(C(=O)N(CCc2ccccn2)Cc2ccccc2)ccn1. The summed E-state index contributed by atoms with van der Waals surface area (Å²) in [6.07, 6.45) is 3.93. The van der Waals surface area contributed by atoms with Crippen LogP contribution in [0.25, 0.3) is 0 Å². The predicted molar refractivity (Wildman–Crippen MR) is 108 cm³/mol. The Balaban J connectivity index is 1.80. The molecule has 2 heterocycles. The van der Waals surface area contributed by atoms with Gasteiger partial charge in [-0.05, 0) is 29.8 Å². The van der Waals surface area contributed by atoms with Gasteiger partial charge < -0.3 is 10.2 Å². The summed E-state index contributed by atoms with van der Waals surface area (Å²) >= 11 is 0. The number of rotatable bonds is 7. The fourth-order valence-electron chi connectivity index (χ4n) is 2.85. The topological polar surface area (TPSA) is 75.2 Å². The Kier molecular flexibility index (Phi) is 6.46. The second kappa shape index (κ2) is 9.41. The molecule has 0 saturated heterocycles. The molecule has 0 atom stereocenters. The van der Waals surface area contributed by atoms with E-state index in [4.69, 9.17) is 0 Å². The Labute approximate surface area is 164 Å². The van der Waals surface area contributed by atoms with Crippen LogP contribution in [0.15, 0.2) is 73.1 Å². The van der Waals surface area contributed by atoms with E-state index in [9.17, 15) is 9.59 Å². The normalized spacial score (nSPS) is 10.3. The zero-order valence-electron chi connectivity index (χ0n) is 15.7. The lowest BCUT2D eigenvalue weighted by Crippen LogP contribution is -2.32. The van der Waals surface area contributed by atoms with Crippen LogP contribution < -0.4 is 5.32 Å². The Morgan fingerprint density at radius 1 is 0.964 bits per heavy atom. The number of hydrogen-bond acceptors (Lipinski definition) is 4. The molecule has 0 unspecified atom stereocenters. The highest BCUT2D eigenvalue weighted by atomic mass is 16.2. The Morgan fingerprint density at radius 2 is 1.75 bits per heavy atom. The van der Waals surface area contributed by atoms with Crippen LogP contribution >= 0.6 is 0 Å². The van der Waals surface area contributed by atoms with Crippen molar-refractivity contribution < 1.29 is 9.59 Å². The van der Waals surface area contributed by atoms with Gasteiger partial charge in [-0.15, -0.1) is 0 Å². The summed E-state index contributed by atoms with van der Waals surface area (Å²) in [6.45, 7) is 2.43. The highest BCUT2D eigenvalue weighted by Crippen LogP contribution is 2.14. The molecule has 0 aliphatic rings. The van der Waals surface area contributed by atoms with Crippen molar-refractivity contribution in [3.63, 3.8) is 0 Å². The minimum atomic E-state index is -0.228. The maximum atomic E-state index is 13.2. The summed E-state index contributed by atoms with van der Waals surface area (Å²) in [7, 11) is 0. The molecule has 6 nitrogen and oxygen atoms in total. The zero-order chi connectivity index (χ0) is 19.8. The fourth-order valence-corrected chi connectivity index (χ4v) is 2.85. The summed E-state index contributed by atoms with van der Waals surface area (Å²) in [6, 6.07) is 18.9. The van der Waals surface area contributed by atoms with Crippen LogP contribution in [0.5, 0.6) is 0 Å². The van der Waals surface area contributed by atoms with E-state index in [0.29, 0.717) is 30.9 Å². The van der Waals surface area contributed by atoms with E-state index in [1.165, 1.54) is 13.1 Å². The van der Waals surface area contributed by atoms with Gasteiger partial charge >= 0.3 is 0 Å². The van der Waals surface area contributed by atoms with Crippen LogP contribution in [0.3, 0.4) is 0 Å². The number of pyridine rings is 2. The molecule has 0 aliphatic heterocycles. The molecule has 1 N–H and O–H groups in total. The van der Waals surface area contributed by atoms with Crippen LogP contribution in [-0.2, 0) is 17.8 Å². The van der Waals surface area contributed by atoms with Gasteiger partial charge in [-0.2, -0.15) is 0 Å². The van der Waals surface area contributed by atoms with Crippen LogP contribution in [0.2, 0.25) is 0 Å². The van der Waals surface area contributed by atoms with Gasteiger partial charge in [-0.1, -0.05) is 36.4 Å². The Bertz CT molecular complexity index is 930. The molecule has 3 aromatic rings. The molecular formula is C22H22N4O2. The van der Waals surface area contributed by atoms with Crippen LogP contribution in [-0.4, -0.2) is 33.2 Å². The number of benzene rings is 1. The van der Waals surface area contributed by atoms with Crippen molar-refractivity contribution >= 4 is 17.6 Å². The summed E-state index contributed by atoms with van der Waals surface area (Å²) in [5.41, 5.74) is 2.46. The molecule has 0 bridgehead atoms. The first-order chi connectivity index (χ1) is 13.6. The number of amides is 2. The first kappa shape index (κ1) is 19.2. The van der Waals surface area contributed by atoms with Crippen molar-refractivity contribution in [1.29, 1.82) is 0 Å². The number of hydrogen-bond donors (Lipinski definition) is 1. The van der Waals surface area contributed by atoms with E-state index in [1.807, 2.05) is 48.5 Å². The average molecular weight is 374 g/mol. The number of carbonyl (C=O) groups excluding carboxylic acids is 2. The highest BCUT2D eigenvalue weighted by molar-refractivity contribution is 5.96. The number of anilines is 1. The molecule has 1 aromatic carbocycles. The third-order valence-electron chi connectivity index (χ3n) is 4.18. The molecule has 6 heteroatoms. The van der Waals surface area contributed by atoms with Crippen LogP contribution in [0, 0.1) is 0 Å². The van der Waals surface area contributed by atoms with E-state index in [0.717, 1.165) is 11.3 Å². The van der Waals surface area contributed by atoms with Crippen molar-refractivity contribution in [3.8, 4) is 0 Å². The average Bonchev–Trinajstić information content (AvgIpc) is 2.72. The van der Waals surface area contributed by atoms with E-state index < -0.39 is 0 Å². The van der Waals surface area contributed by atoms with E-state index in [2.05, 4.69) is 15.3 Å². The van der Waals surface area contributed by atoms with Gasteiger partial charge in [0.15, 0.2) is 0 Å². The minimum absolute atomic E-state index is 0.117. The summed E-state index contributed by atoms with van der Waals surface area (Å²) in [4.78, 5) is 34.7. The van der Waals surface area contributed by atoms with Gasteiger partial charge in [0.2, 0.25) is 5.91 Å². The van der Waals surface area contributed by atoms with Gasteiger partial charge in [0.05, 0.1) is 0 Å². The predicted octanol–water partition coefficient (Wildman–Crippen LogP) is 3.32. The standard InChI is InChI=1S/C22H22N4O2/c1-17(27)25-21-15-19(10-13-24-21)22(28)26(16-18-7-3-2-4-8-18)14-11-20-9-5-6-12-23-20/h2-10,12-13,15H,11,14,16H2,1H3,(H,24,25,27). The molecule has 2 aromatic heterocycles. The van der Waals surface area contributed by atoms with Crippen molar-refractivity contribution in [2.75, 3.05) is 11.9 Å². The monoisotopic (exact) mass is 374 g/mol. The van der Waals surface area contributed by atoms with Crippen molar-refractivity contribution in [2.45, 2.75) is 19.9 Å². The summed E-state index contributed by atoms with van der Waals surface area (Å²) in [5.74, 6) is 0.0184. The largest absolute Gasteiger partial charge is 0.334 e. The van der Waals surface area contributed by atoms with Gasteiger partial charge in [0.25, 0.3) is 5.91 Å². The molecule has 28 heavy (non-hydrogen) atoms. The Hall–Kier alpha value is -3.54. The van der Waals surface area contributed by atoms with Gasteiger partial charge in [0, 0.05) is 50.1 Å². The summed E-state index contributed by atoms with van der Waals surface area (Å²) in [5, 5.41) is 2.62. The molecule has 0 saturated carbocycles. The number of nitrogens with zero attached hydrogens (tertiary/aromatic N) is 3. The van der Waals surface area contributed by atoms with Crippen LogP contribution in [0.4, 0.5) is 5.82 Å². The molecule has 142 valence electrons. The van der Waals surface area contributed by atoms with Gasteiger partial charge in [-0.25, -0.2) is 4.98 Å². The van der Waals surface area contributed by atoms with E-state index in [-0.39, 0.29) is 11.8 Å². The number of carbonyl (C=O) groups is 2. The minimum Gasteiger partial charge on any atom is -0.334 e. The molecule has 2 amide bonds. The molecule has 3 rings (SSSR count). The zero-order valence-corrected chi connectivity index (χ0v) is 15.7. The molecule has 0 radical (unpaired) electrons. The quantitative estimate of drug-likeness (QED) is 0.688. The number of nitrogens with one attached hydrogen (secondary N) is 1. The van der Waals surface area contributed by atoms with Gasteiger partial charge in [0.1, 0.15) is 5.82 Å². The molecule has 0 fully saturated rings. The Morgan fingerprint density at radius 3 is 2.46 bits per heavy atom. The van der Waals surface area contributed by atoms with Crippen molar-refractivity contribution in [2.24, 2.45) is 0 Å². The lowest BCUT2D eigenvalue weighted by molar-refractivity contribution is -0.114. The highest BCUT2D eigenvalue weighted by Gasteiger charge is 2.17. The van der Waals surface area contributed by atoms with E-state index >= 15 is 0 Å². The summed E-state index contributed by atoms with van der Waals surface area (Å²) < 4.78 is 0. The lowest BCUT2D eigenvalue weighted by atomic mass is 10.1. The maximum Gasteiger partial charge on any atom is 0.254 e. The van der Waals surface area contributed by atoms with Gasteiger partial charge in [-0.3, -0.25) is 14.6 Å². The first-order valence-corrected chi connectivity index (χ1v) is 9.08. The van der Waals surface area contributed by atoms with Crippen molar-refractivity contribution in [3.05, 3.63) is 89.9 Å². The second-order valence-corrected chi connectivity index (χ2v) is 6.39. The molecule has 0 spiro atoms. The fraction of sp³-hybridized carbons (Fsp3) is 0.182. The third kappa shape index (κ3) is 5.48. The molecule has 0 aliphatic carbocycles. The van der Waals surface area contributed by atoms with Crippen LogP contribution in [0.1, 0.15) is 28.5 Å². The number of aromatic nitrogens is 2. The first-order valence-electron chi connectivity index (χ1n) is 9.08. The smallest absolute Gasteiger partial charge is 0.254 e. The molecular weight excluding hydrogens is 352 g/mol. The van der Waals surface area contributed by atoms with Crippen molar-refractivity contribution in [1.82, 2.24) is 14.9 Å². The van der Waals surface area contributed by atoms with E-state index in [1.54, 1.807) is 23.2 Å². The second-order valence-electron chi connectivity index (χ2n) is 6.39. The lowest BCUT2D eigenvalue weighted by Gasteiger charge is -2.23. The third-order valence-corrected chi connectivity index (χ3v) is 4.18.